The van der Waals surface area contributed by atoms with Gasteiger partial charge in [-0.3, -0.25) is 0 Å². The van der Waals surface area contributed by atoms with Crippen molar-refractivity contribution in [3.05, 3.63) is 57.3 Å². The Balaban J connectivity index is 2.32. The van der Waals surface area contributed by atoms with Crippen molar-refractivity contribution >= 4 is 23.3 Å². The summed E-state index contributed by atoms with van der Waals surface area (Å²) in [5.74, 6) is 0.451. The highest BCUT2D eigenvalue weighted by molar-refractivity contribution is 5.67. The molecule has 19 heavy (non-hydrogen) atoms. The number of hydrogen-bond donors (Lipinski definition) is 0. The van der Waals surface area contributed by atoms with Crippen LogP contribution in [0.2, 0.25) is 0 Å². The van der Waals surface area contributed by atoms with Crippen molar-refractivity contribution in [2.75, 3.05) is 0 Å². The van der Waals surface area contributed by atoms with Crippen molar-refractivity contribution in [3.8, 4) is 0 Å². The predicted molar refractivity (Wildman–Crippen MR) is 82.0 cm³/mol. The van der Waals surface area contributed by atoms with E-state index in [0.717, 1.165) is 0 Å². The molecule has 0 saturated carbocycles. The molecule has 3 aliphatic rings. The van der Waals surface area contributed by atoms with Gasteiger partial charge in [-0.25, -0.2) is 0 Å². The van der Waals surface area contributed by atoms with E-state index < -0.39 is 0 Å². The first-order chi connectivity index (χ1) is 9.36. The zero-order valence-corrected chi connectivity index (χ0v) is 11.3. The van der Waals surface area contributed by atoms with Gasteiger partial charge >= 0.3 is 0 Å². The first-order valence-electron chi connectivity index (χ1n) is 7.29. The van der Waals surface area contributed by atoms with Crippen molar-refractivity contribution in [1.29, 1.82) is 0 Å². The molecule has 1 atom stereocenters. The number of benzene rings is 1. The van der Waals surface area contributed by atoms with Gasteiger partial charge in [0.2, 0.25) is 0 Å². The lowest BCUT2D eigenvalue weighted by Gasteiger charge is -2.14. The van der Waals surface area contributed by atoms with E-state index in [2.05, 4.69) is 55.5 Å². The summed E-state index contributed by atoms with van der Waals surface area (Å²) in [4.78, 5) is 0. The number of hydrogen-bond acceptors (Lipinski definition) is 0. The number of rotatable bonds is 1. The van der Waals surface area contributed by atoms with Crippen LogP contribution in [0.1, 0.15) is 26.2 Å². The van der Waals surface area contributed by atoms with E-state index in [-0.39, 0.29) is 0 Å². The average molecular weight is 246 g/mol. The van der Waals surface area contributed by atoms with E-state index >= 15 is 0 Å². The molecular formula is C19H18. The summed E-state index contributed by atoms with van der Waals surface area (Å²) in [6, 6.07) is 4.63. The smallest absolute Gasteiger partial charge is 0.0143 e. The van der Waals surface area contributed by atoms with Crippen LogP contribution in [0.15, 0.2) is 36.4 Å². The molecule has 1 aromatic rings. The zero-order chi connectivity index (χ0) is 12.8. The summed E-state index contributed by atoms with van der Waals surface area (Å²) in [6.07, 6.45) is 17.5. The van der Waals surface area contributed by atoms with E-state index in [9.17, 15) is 0 Å². The Morgan fingerprint density at radius 3 is 3.00 bits per heavy atom. The molecule has 0 aromatic heterocycles. The highest BCUT2D eigenvalue weighted by atomic mass is 14.2. The van der Waals surface area contributed by atoms with Crippen molar-refractivity contribution in [3.63, 3.8) is 0 Å². The molecule has 0 heterocycles. The molecule has 0 heteroatoms. The molecule has 1 aromatic carbocycles. The maximum atomic E-state index is 2.43. The van der Waals surface area contributed by atoms with Gasteiger partial charge in [0, 0.05) is 5.92 Å². The van der Waals surface area contributed by atoms with E-state index in [1.54, 1.807) is 5.57 Å². The number of allylic oxidation sites excluding steroid dienone is 4. The van der Waals surface area contributed by atoms with Crippen LogP contribution in [-0.2, 0) is 0 Å². The fraction of sp³-hybridized carbons (Fsp3) is 0.263. The highest BCUT2D eigenvalue weighted by Gasteiger charge is 2.13. The summed E-state index contributed by atoms with van der Waals surface area (Å²) in [7, 11) is 0. The molecule has 94 valence electrons. The second-order valence-corrected chi connectivity index (χ2v) is 5.63. The first kappa shape index (κ1) is 11.0. The molecule has 2 bridgehead atoms. The SMILES string of the molecule is CCC1=c2ccc3c4c2=C(C=CC(C=CC=3)C=4)CC1. The normalized spacial score (nSPS) is 22.5. The van der Waals surface area contributed by atoms with Gasteiger partial charge in [0.05, 0.1) is 0 Å². The van der Waals surface area contributed by atoms with Gasteiger partial charge in [0.25, 0.3) is 0 Å². The third-order valence-electron chi connectivity index (χ3n) is 4.59. The van der Waals surface area contributed by atoms with Crippen LogP contribution in [0.3, 0.4) is 0 Å². The lowest BCUT2D eigenvalue weighted by molar-refractivity contribution is 0.984. The molecule has 4 rings (SSSR count). The zero-order valence-electron chi connectivity index (χ0n) is 11.3. The Morgan fingerprint density at radius 2 is 2.11 bits per heavy atom. The molecule has 0 N–H and O–H groups in total. The minimum absolute atomic E-state index is 0.451. The Morgan fingerprint density at radius 1 is 1.16 bits per heavy atom. The topological polar surface area (TPSA) is 0 Å². The monoisotopic (exact) mass is 246 g/mol. The van der Waals surface area contributed by atoms with Crippen LogP contribution in [0.4, 0.5) is 0 Å². The van der Waals surface area contributed by atoms with E-state index in [0.29, 0.717) is 5.92 Å². The second-order valence-electron chi connectivity index (χ2n) is 5.63. The van der Waals surface area contributed by atoms with Crippen LogP contribution >= 0.6 is 0 Å². The van der Waals surface area contributed by atoms with E-state index in [1.165, 1.54) is 45.7 Å². The van der Waals surface area contributed by atoms with Crippen LogP contribution in [0, 0.1) is 5.92 Å². The van der Waals surface area contributed by atoms with Crippen LogP contribution in [-0.4, -0.2) is 0 Å². The summed E-state index contributed by atoms with van der Waals surface area (Å²) >= 11 is 0. The third-order valence-corrected chi connectivity index (χ3v) is 4.59. The number of fused-ring (bicyclic) bond motifs is 1. The Hall–Kier alpha value is -1.82. The molecule has 0 spiro atoms. The molecule has 3 aliphatic carbocycles. The summed E-state index contributed by atoms with van der Waals surface area (Å²) in [6.45, 7) is 2.28. The van der Waals surface area contributed by atoms with Crippen molar-refractivity contribution in [2.45, 2.75) is 26.2 Å². The third kappa shape index (κ3) is 1.59. The summed E-state index contributed by atoms with van der Waals surface area (Å²) in [5, 5.41) is 5.84. The molecule has 1 unspecified atom stereocenters. The van der Waals surface area contributed by atoms with Gasteiger partial charge in [-0.15, -0.1) is 0 Å². The Labute approximate surface area is 113 Å². The molecule has 0 aliphatic heterocycles. The highest BCUT2D eigenvalue weighted by Crippen LogP contribution is 2.19. The fourth-order valence-corrected chi connectivity index (χ4v) is 3.56. The molecule has 0 nitrogen and oxygen atoms in total. The quantitative estimate of drug-likeness (QED) is 0.704. The molecule has 0 amide bonds. The lowest BCUT2D eigenvalue weighted by atomic mass is 9.91. The van der Waals surface area contributed by atoms with E-state index in [4.69, 9.17) is 0 Å². The van der Waals surface area contributed by atoms with Gasteiger partial charge in [-0.05, 0) is 45.7 Å². The first-order valence-corrected chi connectivity index (χ1v) is 7.29. The summed E-state index contributed by atoms with van der Waals surface area (Å²) < 4.78 is 0. The predicted octanol–water partition coefficient (Wildman–Crippen LogP) is 1.51. The second kappa shape index (κ2) is 4.09. The molecule has 0 radical (unpaired) electrons. The maximum absolute atomic E-state index is 2.43. The van der Waals surface area contributed by atoms with Gasteiger partial charge in [0.15, 0.2) is 0 Å². The van der Waals surface area contributed by atoms with Crippen LogP contribution in [0.5, 0.6) is 0 Å². The van der Waals surface area contributed by atoms with Gasteiger partial charge in [-0.2, -0.15) is 0 Å². The van der Waals surface area contributed by atoms with Crippen molar-refractivity contribution in [2.24, 2.45) is 5.92 Å². The van der Waals surface area contributed by atoms with Gasteiger partial charge in [0.1, 0.15) is 0 Å². The largest absolute Gasteiger partial charge is 0.0738 e. The van der Waals surface area contributed by atoms with Crippen LogP contribution < -0.4 is 20.9 Å². The average Bonchev–Trinajstić information content (AvgIpc) is 2.76. The van der Waals surface area contributed by atoms with Gasteiger partial charge in [-0.1, -0.05) is 61.1 Å². The minimum Gasteiger partial charge on any atom is -0.0738 e. The van der Waals surface area contributed by atoms with Crippen molar-refractivity contribution in [1.82, 2.24) is 0 Å². The molecular weight excluding hydrogens is 228 g/mol. The minimum atomic E-state index is 0.451. The van der Waals surface area contributed by atoms with Crippen LogP contribution in [0.25, 0.3) is 23.3 Å². The Bertz CT molecular complexity index is 845. The summed E-state index contributed by atoms with van der Waals surface area (Å²) in [5.41, 5.74) is 3.16. The standard InChI is InChI=1S/C19H18/c1-2-14-8-9-16-7-6-13-4-3-5-15-10-11-17(14)19(16)18(15)12-13/h3-7,10-13H,2,8-9H2,1H3. The van der Waals surface area contributed by atoms with Crippen molar-refractivity contribution < 1.29 is 0 Å². The van der Waals surface area contributed by atoms with E-state index in [1.807, 2.05) is 0 Å². The Kier molecular flexibility index (Phi) is 2.38. The lowest BCUT2D eigenvalue weighted by Crippen LogP contribution is -2.50. The molecule has 0 fully saturated rings. The van der Waals surface area contributed by atoms with Gasteiger partial charge < -0.3 is 0 Å². The molecule has 0 saturated heterocycles. The fourth-order valence-electron chi connectivity index (χ4n) is 3.56. The maximum Gasteiger partial charge on any atom is 0.0143 e.